The van der Waals surface area contributed by atoms with E-state index in [1.54, 1.807) is 19.4 Å². The zero-order valence-corrected chi connectivity index (χ0v) is 32.0. The summed E-state index contributed by atoms with van der Waals surface area (Å²) in [5, 5.41) is 35.9. The number of aromatic nitrogens is 2. The normalized spacial score (nSPS) is 30.9. The highest BCUT2D eigenvalue weighted by Gasteiger charge is 2.54. The molecule has 2 saturated heterocycles. The number of aromatic amines is 2. The number of carbonyl (C=O) groups is 2. The van der Waals surface area contributed by atoms with Gasteiger partial charge in [-0.15, -0.1) is 0 Å². The van der Waals surface area contributed by atoms with E-state index in [0.29, 0.717) is 18.4 Å². The zero-order chi connectivity index (χ0) is 38.3. The molecule has 2 aromatic carbocycles. The summed E-state index contributed by atoms with van der Waals surface area (Å²) < 4.78 is 15.9. The van der Waals surface area contributed by atoms with Crippen LogP contribution in [0.15, 0.2) is 42.2 Å². The van der Waals surface area contributed by atoms with E-state index in [9.17, 15) is 24.9 Å². The highest BCUT2D eigenvalue weighted by atomic mass is 16.5. The van der Waals surface area contributed by atoms with Gasteiger partial charge in [0.25, 0.3) is 0 Å². The number of benzene rings is 2. The maximum atomic E-state index is 13.4. The molecule has 12 nitrogen and oxygen atoms in total. The van der Waals surface area contributed by atoms with Gasteiger partial charge in [-0.2, -0.15) is 0 Å². The fraction of sp³-hybridized carbons (Fsp3) is 0.535. The van der Waals surface area contributed by atoms with Crippen LogP contribution in [0.25, 0.3) is 21.8 Å². The Morgan fingerprint density at radius 3 is 2.38 bits per heavy atom. The highest BCUT2D eigenvalue weighted by Crippen LogP contribution is 2.58. The Labute approximate surface area is 320 Å². The lowest BCUT2D eigenvalue weighted by Gasteiger charge is -2.55. The lowest BCUT2D eigenvalue weighted by molar-refractivity contribution is -0.163. The molecule has 1 saturated carbocycles. The van der Waals surface area contributed by atoms with Crippen LogP contribution in [0.4, 0.5) is 0 Å². The van der Waals surface area contributed by atoms with Crippen LogP contribution in [0.2, 0.25) is 0 Å². The van der Waals surface area contributed by atoms with Crippen LogP contribution in [0.5, 0.6) is 11.5 Å². The monoisotopic (exact) mass is 752 g/mol. The van der Waals surface area contributed by atoms with Gasteiger partial charge in [-0.3, -0.25) is 14.6 Å². The number of esters is 2. The molecule has 292 valence electrons. The second kappa shape index (κ2) is 13.9. The molecule has 6 heterocycles. The maximum Gasteiger partial charge on any atom is 0.337 e. The number of aliphatic hydroxyl groups excluding tert-OH is 1. The molecule has 4 aromatic rings. The number of nitrogens with one attached hydrogen (secondary N) is 2. The highest BCUT2D eigenvalue weighted by molar-refractivity contribution is 5.92. The summed E-state index contributed by atoms with van der Waals surface area (Å²) in [6, 6.07) is 9.48. The number of ether oxygens (including phenoxy) is 3. The van der Waals surface area contributed by atoms with Crippen LogP contribution in [0, 0.1) is 29.6 Å². The topological polar surface area (TPSA) is 161 Å². The minimum absolute atomic E-state index is 0.0275. The van der Waals surface area contributed by atoms with Crippen molar-refractivity contribution in [2.45, 2.75) is 76.1 Å². The van der Waals surface area contributed by atoms with Crippen molar-refractivity contribution in [2.75, 3.05) is 41.0 Å². The molecule has 0 spiro atoms. The fourth-order valence-electron chi connectivity index (χ4n) is 11.8. The van der Waals surface area contributed by atoms with Gasteiger partial charge in [0, 0.05) is 58.9 Å². The van der Waals surface area contributed by atoms with E-state index in [0.717, 1.165) is 102 Å². The number of piperidine rings is 2. The van der Waals surface area contributed by atoms with Crippen LogP contribution < -0.4 is 0 Å². The van der Waals surface area contributed by atoms with E-state index in [4.69, 9.17) is 14.2 Å². The molecule has 3 fully saturated rings. The third-order valence-electron chi connectivity index (χ3n) is 14.2. The van der Waals surface area contributed by atoms with Gasteiger partial charge in [0.2, 0.25) is 0 Å². The Balaban J connectivity index is 1.14. The number of H-pyrrole nitrogens is 2. The number of nitrogens with zero attached hydrogens (tertiary/aromatic N) is 2. The Morgan fingerprint density at radius 2 is 1.64 bits per heavy atom. The van der Waals surface area contributed by atoms with E-state index < -0.39 is 12.0 Å². The lowest BCUT2D eigenvalue weighted by Crippen LogP contribution is -2.54. The molecule has 0 amide bonds. The van der Waals surface area contributed by atoms with Crippen molar-refractivity contribution in [1.82, 2.24) is 19.8 Å². The average molecular weight is 753 g/mol. The number of aliphatic hydroxyl groups is 1. The summed E-state index contributed by atoms with van der Waals surface area (Å²) in [6.45, 7) is 4.62. The van der Waals surface area contributed by atoms with Crippen molar-refractivity contribution in [3.63, 3.8) is 0 Å². The number of carbonyl (C=O) groups excluding carboxylic acids is 2. The van der Waals surface area contributed by atoms with E-state index in [2.05, 4.69) is 32.8 Å². The molecular weight excluding hydrogens is 700 g/mol. The molecule has 9 atom stereocenters. The fourth-order valence-corrected chi connectivity index (χ4v) is 11.8. The maximum absolute atomic E-state index is 13.4. The molecular formula is C43H52N4O8. The average Bonchev–Trinajstić information content (AvgIpc) is 3.78. The predicted octanol–water partition coefficient (Wildman–Crippen LogP) is 5.93. The number of methoxy groups -OCH3 is 3. The van der Waals surface area contributed by atoms with E-state index in [-0.39, 0.29) is 65.2 Å². The molecule has 0 radical (unpaired) electrons. The van der Waals surface area contributed by atoms with Crippen molar-refractivity contribution in [3.05, 3.63) is 70.2 Å². The molecule has 1 aliphatic carbocycles. The zero-order valence-electron chi connectivity index (χ0n) is 32.0. The third-order valence-corrected chi connectivity index (χ3v) is 14.2. The second-order valence-electron chi connectivity index (χ2n) is 16.5. The minimum Gasteiger partial charge on any atom is -0.507 e. The quantitative estimate of drug-likeness (QED) is 0.0908. The standard InChI is InChI=1S/C43H52N4O8/c1-5-21-19-46-13-11-24-37-30(45-39(24)31(46)17-26(21)28(20-53-2)42(51)54-3)15-22(16-35(37)50)41-23-9-10-34(49)38(43(52)55-4)27(23)18-32-40-25(12-14-47(32)41)36-29(44-40)7-6-8-33(36)48/h6-8,15-16,20-21,23,26-27,31-32,34,38,41,44-45,48-50H,5,9-14,17-19H2,1-4H3. The Kier molecular flexibility index (Phi) is 9.13. The van der Waals surface area contributed by atoms with Crippen LogP contribution in [0.1, 0.15) is 85.2 Å². The van der Waals surface area contributed by atoms with Crippen molar-refractivity contribution in [1.29, 1.82) is 0 Å². The Hall–Kier alpha value is -4.52. The molecule has 0 bridgehead atoms. The molecule has 2 aromatic heterocycles. The van der Waals surface area contributed by atoms with E-state index >= 15 is 0 Å². The Morgan fingerprint density at radius 1 is 0.891 bits per heavy atom. The van der Waals surface area contributed by atoms with Gasteiger partial charge in [0.15, 0.2) is 0 Å². The molecule has 55 heavy (non-hydrogen) atoms. The lowest BCUT2D eigenvalue weighted by atomic mass is 9.61. The number of rotatable bonds is 6. The van der Waals surface area contributed by atoms with Crippen molar-refractivity contribution < 1.29 is 39.1 Å². The van der Waals surface area contributed by atoms with Crippen molar-refractivity contribution >= 4 is 33.7 Å². The van der Waals surface area contributed by atoms with Gasteiger partial charge >= 0.3 is 11.9 Å². The number of phenolic OH excluding ortho intramolecular Hbond substituents is 2. The first-order valence-electron chi connectivity index (χ1n) is 19.9. The summed E-state index contributed by atoms with van der Waals surface area (Å²) in [6.07, 6.45) is 5.83. The molecule has 5 aliphatic rings. The first-order chi connectivity index (χ1) is 26.7. The van der Waals surface area contributed by atoms with Crippen LogP contribution in [-0.2, 0) is 36.6 Å². The largest absolute Gasteiger partial charge is 0.507 e. The van der Waals surface area contributed by atoms with Gasteiger partial charge in [0.1, 0.15) is 11.5 Å². The summed E-state index contributed by atoms with van der Waals surface area (Å²) in [5.74, 6) is -0.821. The van der Waals surface area contributed by atoms with Crippen molar-refractivity contribution in [3.8, 4) is 11.5 Å². The predicted molar refractivity (Wildman–Crippen MR) is 205 cm³/mol. The Bertz CT molecular complexity index is 2190. The van der Waals surface area contributed by atoms with Crippen LogP contribution in [-0.4, -0.2) is 94.1 Å². The first kappa shape index (κ1) is 36.1. The summed E-state index contributed by atoms with van der Waals surface area (Å²) in [5.41, 5.74) is 7.65. The van der Waals surface area contributed by atoms with Gasteiger partial charge in [-0.25, -0.2) is 4.79 Å². The van der Waals surface area contributed by atoms with Crippen LogP contribution >= 0.6 is 0 Å². The number of phenols is 2. The number of aromatic hydroxyl groups is 2. The van der Waals surface area contributed by atoms with E-state index in [1.807, 2.05) is 18.2 Å². The molecule has 9 unspecified atom stereocenters. The molecule has 4 aliphatic heterocycles. The van der Waals surface area contributed by atoms with E-state index in [1.165, 1.54) is 14.2 Å². The minimum atomic E-state index is -0.797. The number of hydrogen-bond acceptors (Lipinski definition) is 10. The van der Waals surface area contributed by atoms with Crippen molar-refractivity contribution in [2.24, 2.45) is 29.6 Å². The smallest absolute Gasteiger partial charge is 0.337 e. The summed E-state index contributed by atoms with van der Waals surface area (Å²) >= 11 is 0. The SMILES string of the molecule is CCC1CN2CCc3c([nH]c4cc(C5C6CCC(O)C(C(=O)OC)C6CC6c7[nH]c8cccc(O)c8c7CCN65)cc(O)c34)C2CC1C(=COC)C(=O)OC. The molecule has 9 rings (SSSR count). The third kappa shape index (κ3) is 5.57. The van der Waals surface area contributed by atoms with Gasteiger partial charge in [-0.05, 0) is 103 Å². The first-order valence-corrected chi connectivity index (χ1v) is 19.9. The summed E-state index contributed by atoms with van der Waals surface area (Å²) in [7, 11) is 4.37. The molecule has 12 heteroatoms. The molecule has 5 N–H and O–H groups in total. The summed E-state index contributed by atoms with van der Waals surface area (Å²) in [4.78, 5) is 38.9. The number of hydrogen-bond donors (Lipinski definition) is 5. The van der Waals surface area contributed by atoms with Crippen LogP contribution in [0.3, 0.4) is 0 Å². The van der Waals surface area contributed by atoms with Gasteiger partial charge < -0.3 is 39.5 Å². The number of fused-ring (bicyclic) bond motifs is 11. The second-order valence-corrected chi connectivity index (χ2v) is 16.5. The van der Waals surface area contributed by atoms with Gasteiger partial charge in [-0.1, -0.05) is 19.4 Å². The van der Waals surface area contributed by atoms with Gasteiger partial charge in [0.05, 0.1) is 57.3 Å².